The van der Waals surface area contributed by atoms with E-state index in [1.54, 1.807) is 0 Å². The minimum absolute atomic E-state index is 0.0866. The van der Waals surface area contributed by atoms with Crippen LogP contribution in [0.15, 0.2) is 18.2 Å². The Balaban J connectivity index is 2.82. The van der Waals surface area contributed by atoms with Gasteiger partial charge >= 0.3 is 5.97 Å². The summed E-state index contributed by atoms with van der Waals surface area (Å²) in [4.78, 5) is 23.7. The van der Waals surface area contributed by atoms with Gasteiger partial charge in [0.2, 0.25) is 5.91 Å². The van der Waals surface area contributed by atoms with Crippen molar-refractivity contribution < 1.29 is 23.8 Å². The summed E-state index contributed by atoms with van der Waals surface area (Å²) in [6.07, 6.45) is -0.139. The number of hydrogen-bond acceptors (Lipinski definition) is 3. The number of methoxy groups -OCH3 is 1. The Morgan fingerprint density at radius 2 is 2.11 bits per heavy atom. The van der Waals surface area contributed by atoms with Crippen molar-refractivity contribution in [2.24, 2.45) is 5.92 Å². The van der Waals surface area contributed by atoms with E-state index < -0.39 is 17.7 Å². The van der Waals surface area contributed by atoms with E-state index in [1.165, 1.54) is 44.2 Å². The fourth-order valence-electron chi connectivity index (χ4n) is 1.49. The molecule has 0 saturated carbocycles. The highest BCUT2D eigenvalue weighted by Crippen LogP contribution is 2.23. The second-order valence-electron chi connectivity index (χ2n) is 4.22. The van der Waals surface area contributed by atoms with E-state index in [0.717, 1.165) is 0 Å². The number of carboxylic acids is 1. The van der Waals surface area contributed by atoms with Gasteiger partial charge in [-0.15, -0.1) is 0 Å². The van der Waals surface area contributed by atoms with Gasteiger partial charge in [0.05, 0.1) is 13.0 Å². The Labute approximate surface area is 110 Å². The van der Waals surface area contributed by atoms with Crippen LogP contribution in [0.4, 0.5) is 10.1 Å². The number of carboxylic acid groups (broad SMARTS) is 1. The molecule has 1 unspecified atom stereocenters. The second kappa shape index (κ2) is 6.17. The summed E-state index contributed by atoms with van der Waals surface area (Å²) in [5.41, 5.74) is 0.348. The van der Waals surface area contributed by atoms with Crippen LogP contribution in [0.3, 0.4) is 0 Å². The maximum Gasteiger partial charge on any atom is 0.306 e. The van der Waals surface area contributed by atoms with E-state index in [2.05, 4.69) is 0 Å². The topological polar surface area (TPSA) is 66.8 Å². The Morgan fingerprint density at radius 3 is 2.58 bits per heavy atom. The highest BCUT2D eigenvalue weighted by atomic mass is 19.1. The molecule has 1 N–H and O–H groups in total. The molecule has 0 saturated heterocycles. The highest BCUT2D eigenvalue weighted by Gasteiger charge is 2.20. The molecule has 19 heavy (non-hydrogen) atoms. The quantitative estimate of drug-likeness (QED) is 0.886. The molecule has 0 spiro atoms. The Bertz CT molecular complexity index is 490. The zero-order chi connectivity index (χ0) is 14.6. The molecular weight excluding hydrogens is 253 g/mol. The van der Waals surface area contributed by atoms with Gasteiger partial charge in [0.25, 0.3) is 0 Å². The van der Waals surface area contributed by atoms with Gasteiger partial charge in [-0.25, -0.2) is 4.39 Å². The predicted octanol–water partition coefficient (Wildman–Crippen LogP) is 1.91. The van der Waals surface area contributed by atoms with Gasteiger partial charge < -0.3 is 14.7 Å². The number of halogens is 1. The monoisotopic (exact) mass is 269 g/mol. The van der Waals surface area contributed by atoms with Crippen molar-refractivity contribution in [1.29, 1.82) is 0 Å². The molecule has 0 aliphatic heterocycles. The van der Waals surface area contributed by atoms with Crippen LogP contribution in [0, 0.1) is 11.7 Å². The minimum atomic E-state index is -1.04. The molecule has 1 amide bonds. The Kier molecular flexibility index (Phi) is 4.86. The molecule has 0 radical (unpaired) electrons. The molecule has 0 aromatic heterocycles. The molecule has 1 rings (SSSR count). The largest absolute Gasteiger partial charge is 0.494 e. The number of aliphatic carboxylic acids is 1. The van der Waals surface area contributed by atoms with Crippen LogP contribution in [-0.4, -0.2) is 31.1 Å². The molecule has 5 nitrogen and oxygen atoms in total. The number of anilines is 1. The molecule has 104 valence electrons. The summed E-state index contributed by atoms with van der Waals surface area (Å²) >= 11 is 0. The van der Waals surface area contributed by atoms with Crippen molar-refractivity contribution in [1.82, 2.24) is 0 Å². The molecule has 0 heterocycles. The molecular formula is C13H16FNO4. The second-order valence-corrected chi connectivity index (χ2v) is 4.22. The Hall–Kier alpha value is -2.11. The van der Waals surface area contributed by atoms with E-state index in [9.17, 15) is 14.0 Å². The lowest BCUT2D eigenvalue weighted by Crippen LogP contribution is -2.29. The van der Waals surface area contributed by atoms with Crippen molar-refractivity contribution in [2.75, 3.05) is 19.1 Å². The lowest BCUT2D eigenvalue weighted by molar-refractivity contribution is -0.143. The van der Waals surface area contributed by atoms with Crippen LogP contribution >= 0.6 is 0 Å². The van der Waals surface area contributed by atoms with E-state index >= 15 is 0 Å². The van der Waals surface area contributed by atoms with Crippen LogP contribution in [-0.2, 0) is 9.59 Å². The fraction of sp³-hybridized carbons (Fsp3) is 0.385. The molecule has 1 atom stereocenters. The maximum atomic E-state index is 13.5. The molecule has 0 aliphatic carbocycles. The number of hydrogen-bond donors (Lipinski definition) is 1. The average molecular weight is 269 g/mol. The SMILES string of the molecule is COc1ccc(N(C)C(=O)CC(C)C(=O)O)cc1F. The first-order valence-corrected chi connectivity index (χ1v) is 5.69. The van der Waals surface area contributed by atoms with E-state index in [0.29, 0.717) is 5.69 Å². The lowest BCUT2D eigenvalue weighted by atomic mass is 10.1. The van der Waals surface area contributed by atoms with Gasteiger partial charge in [0.1, 0.15) is 0 Å². The molecule has 1 aromatic carbocycles. The van der Waals surface area contributed by atoms with Crippen molar-refractivity contribution in [3.63, 3.8) is 0 Å². The van der Waals surface area contributed by atoms with Crippen molar-refractivity contribution in [3.8, 4) is 5.75 Å². The summed E-state index contributed by atoms with van der Waals surface area (Å²) in [5.74, 6) is -2.70. The third kappa shape index (κ3) is 3.67. The lowest BCUT2D eigenvalue weighted by Gasteiger charge is -2.19. The summed E-state index contributed by atoms with van der Waals surface area (Å²) in [6, 6.07) is 4.11. The van der Waals surface area contributed by atoms with Crippen molar-refractivity contribution >= 4 is 17.6 Å². The fourth-order valence-corrected chi connectivity index (χ4v) is 1.49. The van der Waals surface area contributed by atoms with Crippen molar-refractivity contribution in [2.45, 2.75) is 13.3 Å². The van der Waals surface area contributed by atoms with Gasteiger partial charge in [0.15, 0.2) is 11.6 Å². The van der Waals surface area contributed by atoms with Crippen LogP contribution in [0.1, 0.15) is 13.3 Å². The number of rotatable bonds is 5. The third-order valence-corrected chi connectivity index (χ3v) is 2.80. The van der Waals surface area contributed by atoms with E-state index in [1.807, 2.05) is 0 Å². The highest BCUT2D eigenvalue weighted by molar-refractivity contribution is 5.94. The van der Waals surface area contributed by atoms with Gasteiger partial charge in [-0.2, -0.15) is 0 Å². The molecule has 1 aromatic rings. The number of carbonyl (C=O) groups is 2. The standard InChI is InChI=1S/C13H16FNO4/c1-8(13(17)18)6-12(16)15(2)9-4-5-11(19-3)10(14)7-9/h4-5,7-8H,6H2,1-3H3,(H,17,18). The van der Waals surface area contributed by atoms with Crippen LogP contribution in [0.25, 0.3) is 0 Å². The van der Waals surface area contributed by atoms with E-state index in [-0.39, 0.29) is 18.1 Å². The maximum absolute atomic E-state index is 13.5. The summed E-state index contributed by atoms with van der Waals surface area (Å²) in [6.45, 7) is 1.45. The number of carbonyl (C=O) groups excluding carboxylic acids is 1. The number of amides is 1. The summed E-state index contributed by atoms with van der Waals surface area (Å²) < 4.78 is 18.3. The van der Waals surface area contributed by atoms with Crippen LogP contribution in [0.5, 0.6) is 5.75 Å². The predicted molar refractivity (Wildman–Crippen MR) is 67.8 cm³/mol. The van der Waals surface area contributed by atoms with Gasteiger partial charge in [-0.3, -0.25) is 9.59 Å². The molecule has 0 fully saturated rings. The minimum Gasteiger partial charge on any atom is -0.494 e. The zero-order valence-electron chi connectivity index (χ0n) is 11.0. The first-order valence-electron chi connectivity index (χ1n) is 5.69. The third-order valence-electron chi connectivity index (χ3n) is 2.80. The smallest absolute Gasteiger partial charge is 0.306 e. The van der Waals surface area contributed by atoms with Gasteiger partial charge in [0, 0.05) is 25.2 Å². The van der Waals surface area contributed by atoms with Gasteiger partial charge in [-0.1, -0.05) is 6.92 Å². The summed E-state index contributed by atoms with van der Waals surface area (Å²) in [5, 5.41) is 8.75. The number of ether oxygens (including phenoxy) is 1. The average Bonchev–Trinajstić information content (AvgIpc) is 2.37. The zero-order valence-corrected chi connectivity index (χ0v) is 11.0. The van der Waals surface area contributed by atoms with Crippen molar-refractivity contribution in [3.05, 3.63) is 24.0 Å². The summed E-state index contributed by atoms with van der Waals surface area (Å²) in [7, 11) is 2.82. The first kappa shape index (κ1) is 14.9. The molecule has 0 aliphatic rings. The number of benzene rings is 1. The van der Waals surface area contributed by atoms with Crippen LogP contribution in [0.2, 0.25) is 0 Å². The Morgan fingerprint density at radius 1 is 1.47 bits per heavy atom. The normalized spacial score (nSPS) is 11.8. The van der Waals surface area contributed by atoms with Crippen LogP contribution < -0.4 is 9.64 Å². The number of nitrogens with zero attached hydrogens (tertiary/aromatic N) is 1. The first-order chi connectivity index (χ1) is 8.86. The van der Waals surface area contributed by atoms with Gasteiger partial charge in [-0.05, 0) is 12.1 Å². The molecule has 0 bridgehead atoms. The van der Waals surface area contributed by atoms with E-state index in [4.69, 9.17) is 9.84 Å². The molecule has 6 heteroatoms.